The summed E-state index contributed by atoms with van der Waals surface area (Å²) in [7, 11) is 0. The van der Waals surface area contributed by atoms with E-state index in [0.717, 1.165) is 82.0 Å². The van der Waals surface area contributed by atoms with Crippen LogP contribution < -0.4 is 0 Å². The van der Waals surface area contributed by atoms with E-state index in [2.05, 4.69) is 182 Å². The van der Waals surface area contributed by atoms with Crippen LogP contribution in [0.1, 0.15) is 33.2 Å². The molecule has 6 heterocycles. The number of hydrogen-bond acceptors (Lipinski definition) is 3. The van der Waals surface area contributed by atoms with Gasteiger partial charge in [0.2, 0.25) is 0 Å². The first-order valence-electron chi connectivity index (χ1n) is 15.7. The Morgan fingerprint density at radius 3 is 1.69 bits per heavy atom. The highest BCUT2D eigenvalue weighted by molar-refractivity contribution is 14.1. The van der Waals surface area contributed by atoms with Crippen molar-refractivity contribution in [2.24, 2.45) is 0 Å². The maximum absolute atomic E-state index is 5.25. The number of nitrogens with one attached hydrogen (secondary N) is 2. The first-order chi connectivity index (χ1) is 24.1. The molecule has 8 bridgehead atoms. The highest BCUT2D eigenvalue weighted by Crippen LogP contribution is 2.36. The SMILES string of the molecule is Brc1ccc(I)c2sc(C#Cc3c4nc(c(-c5ccccc5)c5ccc(cc6ccc([nH]6)c(-c6ccccc6)c6nc3C=C6)[nH]5)C=C4)cc12. The van der Waals surface area contributed by atoms with Gasteiger partial charge in [-0.3, -0.25) is 0 Å². The van der Waals surface area contributed by atoms with Crippen LogP contribution in [0.5, 0.6) is 0 Å². The predicted molar refractivity (Wildman–Crippen MR) is 218 cm³/mol. The smallest absolute Gasteiger partial charge is 0.0816 e. The van der Waals surface area contributed by atoms with Crippen molar-refractivity contribution < 1.29 is 0 Å². The maximum atomic E-state index is 5.25. The molecule has 4 nitrogen and oxygen atoms in total. The second-order valence-corrected chi connectivity index (χ2v) is 14.8. The van der Waals surface area contributed by atoms with Crippen LogP contribution >= 0.6 is 49.9 Å². The van der Waals surface area contributed by atoms with Crippen LogP contribution in [0.15, 0.2) is 114 Å². The molecule has 7 aromatic rings. The number of thiophene rings is 1. The first-order valence-corrected chi connectivity index (χ1v) is 18.4. The van der Waals surface area contributed by atoms with E-state index in [9.17, 15) is 0 Å². The lowest BCUT2D eigenvalue weighted by Gasteiger charge is -2.04. The van der Waals surface area contributed by atoms with Crippen LogP contribution in [-0.4, -0.2) is 19.9 Å². The van der Waals surface area contributed by atoms with E-state index in [1.54, 1.807) is 11.3 Å². The van der Waals surface area contributed by atoms with Crippen molar-refractivity contribution in [2.75, 3.05) is 0 Å². The number of nitrogens with zero attached hydrogens (tertiary/aromatic N) is 2. The summed E-state index contributed by atoms with van der Waals surface area (Å²) in [4.78, 5) is 18.8. The van der Waals surface area contributed by atoms with Crippen LogP contribution in [0.3, 0.4) is 0 Å². The third-order valence-electron chi connectivity index (χ3n) is 8.59. The molecule has 2 N–H and O–H groups in total. The third-order valence-corrected chi connectivity index (χ3v) is 11.6. The molecule has 232 valence electrons. The minimum atomic E-state index is 0.781. The van der Waals surface area contributed by atoms with Crippen molar-refractivity contribution in [3.8, 4) is 34.1 Å². The van der Waals surface area contributed by atoms with Gasteiger partial charge in [-0.1, -0.05) is 88.4 Å². The summed E-state index contributed by atoms with van der Waals surface area (Å²) in [6, 6.07) is 37.8. The summed E-state index contributed by atoms with van der Waals surface area (Å²) >= 11 is 7.83. The van der Waals surface area contributed by atoms with Gasteiger partial charge in [-0.2, -0.15) is 0 Å². The van der Waals surface area contributed by atoms with Gasteiger partial charge in [0, 0.05) is 46.6 Å². The van der Waals surface area contributed by atoms with Crippen LogP contribution in [0, 0.1) is 15.4 Å². The molecular weight excluding hydrogens is 799 g/mol. The van der Waals surface area contributed by atoms with Crippen molar-refractivity contribution in [1.82, 2.24) is 19.9 Å². The van der Waals surface area contributed by atoms with E-state index >= 15 is 0 Å². The Morgan fingerprint density at radius 1 is 0.592 bits per heavy atom. The average molecular weight is 824 g/mol. The third kappa shape index (κ3) is 5.66. The van der Waals surface area contributed by atoms with Gasteiger partial charge in [-0.15, -0.1) is 11.3 Å². The van der Waals surface area contributed by atoms with E-state index in [1.165, 1.54) is 13.7 Å². The van der Waals surface area contributed by atoms with Crippen molar-refractivity contribution in [3.05, 3.63) is 150 Å². The van der Waals surface area contributed by atoms with Crippen molar-refractivity contribution in [1.29, 1.82) is 0 Å². The molecule has 0 saturated carbocycles. The molecule has 7 heteroatoms. The number of hydrogen-bond donors (Lipinski definition) is 2. The minimum Gasteiger partial charge on any atom is -0.355 e. The lowest BCUT2D eigenvalue weighted by molar-refractivity contribution is 1.26. The molecule has 0 radical (unpaired) electrons. The summed E-state index contributed by atoms with van der Waals surface area (Å²) in [6.07, 6.45) is 8.30. The highest BCUT2D eigenvalue weighted by atomic mass is 127. The molecule has 2 aliphatic rings. The van der Waals surface area contributed by atoms with E-state index in [0.29, 0.717) is 0 Å². The van der Waals surface area contributed by atoms with Crippen molar-refractivity contribution in [2.45, 2.75) is 0 Å². The molecule has 4 aromatic heterocycles. The topological polar surface area (TPSA) is 57.4 Å². The van der Waals surface area contributed by atoms with Gasteiger partial charge in [0.25, 0.3) is 0 Å². The van der Waals surface area contributed by atoms with Gasteiger partial charge in [-0.25, -0.2) is 9.97 Å². The summed E-state index contributed by atoms with van der Waals surface area (Å²) in [5.74, 6) is 7.03. The fourth-order valence-corrected chi connectivity index (χ4v) is 8.65. The maximum Gasteiger partial charge on any atom is 0.0816 e. The number of fused-ring (bicyclic) bond motifs is 9. The number of rotatable bonds is 2. The van der Waals surface area contributed by atoms with Crippen LogP contribution in [0.25, 0.3) is 78.7 Å². The Bertz CT molecular complexity index is 2570. The second-order valence-electron chi connectivity index (χ2n) is 11.7. The minimum absolute atomic E-state index is 0.781. The average Bonchev–Trinajstić information content (AvgIpc) is 3.97. The quantitative estimate of drug-likeness (QED) is 0.135. The lowest BCUT2D eigenvalue weighted by atomic mass is 10.0. The van der Waals surface area contributed by atoms with Gasteiger partial charge in [0.1, 0.15) is 0 Å². The molecule has 9 rings (SSSR count). The van der Waals surface area contributed by atoms with Gasteiger partial charge in [0.15, 0.2) is 0 Å². The van der Waals surface area contributed by atoms with Crippen molar-refractivity contribution >= 4 is 106 Å². The Balaban J connectivity index is 1.38. The molecule has 0 amide bonds. The summed E-state index contributed by atoms with van der Waals surface area (Å²) in [5.41, 5.74) is 12.3. The summed E-state index contributed by atoms with van der Waals surface area (Å²) in [5, 5.41) is 1.17. The highest BCUT2D eigenvalue weighted by Gasteiger charge is 2.17. The van der Waals surface area contributed by atoms with Gasteiger partial charge < -0.3 is 9.97 Å². The lowest BCUT2D eigenvalue weighted by Crippen LogP contribution is -1.90. The fourth-order valence-electron chi connectivity index (χ4n) is 6.33. The zero-order valence-electron chi connectivity index (χ0n) is 25.8. The Labute approximate surface area is 308 Å². The van der Waals surface area contributed by atoms with Crippen LogP contribution in [-0.2, 0) is 0 Å². The molecule has 0 unspecified atom stereocenters. The summed E-state index contributed by atoms with van der Waals surface area (Å²) < 4.78 is 3.50. The van der Waals surface area contributed by atoms with E-state index in [-0.39, 0.29) is 0 Å². The Morgan fingerprint density at radius 2 is 1.14 bits per heavy atom. The van der Waals surface area contributed by atoms with Gasteiger partial charge in [0.05, 0.1) is 37.9 Å². The zero-order chi connectivity index (χ0) is 32.9. The van der Waals surface area contributed by atoms with E-state index in [4.69, 9.17) is 9.97 Å². The number of aromatic nitrogens is 4. The molecule has 0 saturated heterocycles. The monoisotopic (exact) mass is 822 g/mol. The molecular formula is C42H24BrIN4S. The van der Waals surface area contributed by atoms with E-state index in [1.807, 2.05) is 12.1 Å². The molecule has 0 atom stereocenters. The van der Waals surface area contributed by atoms with E-state index < -0.39 is 0 Å². The standard InChI is InChI=1S/C42H24BrIN4S/c43-32-15-16-33(44)42-31(32)24-29(49-42)13-14-30-34-19-21-38(47-34)40(25-7-3-1-4-8-25)36-17-11-27(45-36)23-28-12-18-37(46-28)41(26-9-5-2-6-10-26)39-22-20-35(30)48-39/h1-12,15-24,45-46H. The number of aromatic amines is 2. The molecule has 0 fully saturated rings. The zero-order valence-corrected chi connectivity index (χ0v) is 30.3. The first kappa shape index (κ1) is 30.1. The van der Waals surface area contributed by atoms with Gasteiger partial charge in [-0.05, 0) is 107 Å². The number of H-pyrrole nitrogens is 2. The normalized spacial score (nSPS) is 12.0. The largest absolute Gasteiger partial charge is 0.355 e. The fraction of sp³-hybridized carbons (Fsp3) is 0. The molecule has 2 aliphatic heterocycles. The summed E-state index contributed by atoms with van der Waals surface area (Å²) in [6.45, 7) is 0. The second kappa shape index (κ2) is 12.5. The molecule has 49 heavy (non-hydrogen) atoms. The van der Waals surface area contributed by atoms with Crippen molar-refractivity contribution in [3.63, 3.8) is 0 Å². The number of benzene rings is 3. The Hall–Kier alpha value is -5.01. The van der Waals surface area contributed by atoms with Crippen LogP contribution in [0.4, 0.5) is 0 Å². The Kier molecular flexibility index (Phi) is 7.65. The predicted octanol–water partition coefficient (Wildman–Crippen LogP) is 12.0. The van der Waals surface area contributed by atoms with Gasteiger partial charge >= 0.3 is 0 Å². The van der Waals surface area contributed by atoms with Crippen LogP contribution in [0.2, 0.25) is 0 Å². The molecule has 3 aromatic carbocycles. The molecule has 0 aliphatic carbocycles. The number of halogens is 2. The molecule has 0 spiro atoms.